The van der Waals surface area contributed by atoms with Crippen LogP contribution in [0.25, 0.3) is 11.1 Å². The van der Waals surface area contributed by atoms with E-state index in [2.05, 4.69) is 34.9 Å². The SMILES string of the molecule is CN(CCNC(=O)OCC1c2ccccc2-c2ccccc21)N=O. The van der Waals surface area contributed by atoms with Crippen LogP contribution in [0, 0.1) is 4.91 Å². The summed E-state index contributed by atoms with van der Waals surface area (Å²) in [6.45, 7) is 0.925. The molecule has 2 aromatic carbocycles. The summed E-state index contributed by atoms with van der Waals surface area (Å²) < 4.78 is 5.38. The number of nitrogens with one attached hydrogen (secondary N) is 1. The summed E-state index contributed by atoms with van der Waals surface area (Å²) in [5, 5.41) is 6.57. The molecule has 1 aliphatic rings. The maximum Gasteiger partial charge on any atom is 0.407 e. The number of hydrogen-bond donors (Lipinski definition) is 1. The molecule has 0 aromatic heterocycles. The molecule has 0 saturated heterocycles. The number of benzene rings is 2. The Morgan fingerprint density at radius 3 is 2.29 bits per heavy atom. The number of ether oxygens (including phenoxy) is 1. The lowest BCUT2D eigenvalue weighted by Crippen LogP contribution is -2.32. The lowest BCUT2D eigenvalue weighted by atomic mass is 9.98. The molecule has 124 valence electrons. The van der Waals surface area contributed by atoms with E-state index >= 15 is 0 Å². The molecule has 6 heteroatoms. The van der Waals surface area contributed by atoms with Gasteiger partial charge in [0, 0.05) is 19.5 Å². The van der Waals surface area contributed by atoms with Crippen molar-refractivity contribution in [2.24, 2.45) is 5.29 Å². The van der Waals surface area contributed by atoms with Gasteiger partial charge in [0.05, 0.1) is 11.8 Å². The number of nitroso groups, excluding NO2 is 1. The van der Waals surface area contributed by atoms with Crippen LogP contribution in [0.3, 0.4) is 0 Å². The first-order valence-corrected chi connectivity index (χ1v) is 7.84. The van der Waals surface area contributed by atoms with Crippen molar-refractivity contribution in [2.45, 2.75) is 5.92 Å². The fraction of sp³-hybridized carbons (Fsp3) is 0.278. The van der Waals surface area contributed by atoms with E-state index in [1.165, 1.54) is 27.3 Å². The van der Waals surface area contributed by atoms with Crippen LogP contribution in [-0.2, 0) is 4.74 Å². The third-order valence-corrected chi connectivity index (χ3v) is 4.19. The normalized spacial score (nSPS) is 12.2. The van der Waals surface area contributed by atoms with Crippen LogP contribution in [0.1, 0.15) is 17.0 Å². The highest BCUT2D eigenvalue weighted by Crippen LogP contribution is 2.44. The molecule has 6 nitrogen and oxygen atoms in total. The zero-order valence-corrected chi connectivity index (χ0v) is 13.4. The Labute approximate surface area is 140 Å². The van der Waals surface area contributed by atoms with Crippen molar-refractivity contribution in [1.29, 1.82) is 0 Å². The molecule has 2 aromatic rings. The summed E-state index contributed by atoms with van der Waals surface area (Å²) in [5.74, 6) is 0.0439. The fourth-order valence-electron chi connectivity index (χ4n) is 3.01. The van der Waals surface area contributed by atoms with Crippen molar-refractivity contribution in [3.05, 3.63) is 64.6 Å². The first kappa shape index (κ1) is 16.0. The van der Waals surface area contributed by atoms with Gasteiger partial charge in [-0.2, -0.15) is 0 Å². The number of alkyl carbamates (subject to hydrolysis) is 1. The van der Waals surface area contributed by atoms with Crippen molar-refractivity contribution in [2.75, 3.05) is 26.7 Å². The minimum Gasteiger partial charge on any atom is -0.449 e. The van der Waals surface area contributed by atoms with Gasteiger partial charge in [-0.15, -0.1) is 4.91 Å². The van der Waals surface area contributed by atoms with Crippen LogP contribution < -0.4 is 5.32 Å². The van der Waals surface area contributed by atoms with E-state index in [9.17, 15) is 9.70 Å². The van der Waals surface area contributed by atoms with E-state index in [0.717, 1.165) is 0 Å². The Morgan fingerprint density at radius 2 is 1.71 bits per heavy atom. The molecule has 0 fully saturated rings. The highest BCUT2D eigenvalue weighted by Gasteiger charge is 2.28. The molecular weight excluding hydrogens is 306 g/mol. The average Bonchev–Trinajstić information content (AvgIpc) is 2.94. The predicted molar refractivity (Wildman–Crippen MR) is 91.5 cm³/mol. The molecule has 1 amide bonds. The minimum atomic E-state index is -0.490. The summed E-state index contributed by atoms with van der Waals surface area (Å²) in [6, 6.07) is 16.4. The molecule has 0 aliphatic heterocycles. The molecule has 0 unspecified atom stereocenters. The Hall–Kier alpha value is -2.89. The first-order valence-electron chi connectivity index (χ1n) is 7.84. The number of fused-ring (bicyclic) bond motifs is 3. The van der Waals surface area contributed by atoms with Crippen molar-refractivity contribution < 1.29 is 9.53 Å². The Bertz CT molecular complexity index is 702. The van der Waals surface area contributed by atoms with Crippen LogP contribution >= 0.6 is 0 Å². The lowest BCUT2D eigenvalue weighted by molar-refractivity contribution is 0.142. The van der Waals surface area contributed by atoms with E-state index in [1.54, 1.807) is 7.05 Å². The molecule has 0 heterocycles. The van der Waals surface area contributed by atoms with Gasteiger partial charge >= 0.3 is 6.09 Å². The topological polar surface area (TPSA) is 71.0 Å². The van der Waals surface area contributed by atoms with Crippen molar-refractivity contribution in [3.63, 3.8) is 0 Å². The number of likely N-dealkylation sites (N-methyl/N-ethyl adjacent to an activating group) is 1. The summed E-state index contributed by atoms with van der Waals surface area (Å²) in [5.41, 5.74) is 4.74. The number of carbonyl (C=O) groups excluding carboxylic acids is 1. The van der Waals surface area contributed by atoms with Gasteiger partial charge in [0.15, 0.2) is 0 Å². The van der Waals surface area contributed by atoms with Crippen molar-refractivity contribution >= 4 is 6.09 Å². The maximum atomic E-state index is 11.8. The summed E-state index contributed by atoms with van der Waals surface area (Å²) in [7, 11) is 1.55. The van der Waals surface area contributed by atoms with Gasteiger partial charge < -0.3 is 10.1 Å². The lowest BCUT2D eigenvalue weighted by Gasteiger charge is -2.15. The van der Waals surface area contributed by atoms with Crippen LogP contribution in [0.15, 0.2) is 53.8 Å². The zero-order valence-electron chi connectivity index (χ0n) is 13.4. The minimum absolute atomic E-state index is 0.0439. The van der Waals surface area contributed by atoms with Crippen molar-refractivity contribution in [1.82, 2.24) is 10.3 Å². The highest BCUT2D eigenvalue weighted by molar-refractivity contribution is 5.79. The third-order valence-electron chi connectivity index (χ3n) is 4.19. The molecule has 0 spiro atoms. The third kappa shape index (κ3) is 3.22. The molecule has 0 atom stereocenters. The number of carbonyl (C=O) groups is 1. The van der Waals surface area contributed by atoms with Gasteiger partial charge in [-0.1, -0.05) is 48.5 Å². The number of nitrogens with zero attached hydrogens (tertiary/aromatic N) is 2. The average molecular weight is 325 g/mol. The molecule has 24 heavy (non-hydrogen) atoms. The molecule has 0 saturated carbocycles. The Balaban J connectivity index is 1.63. The van der Waals surface area contributed by atoms with Crippen LogP contribution in [0.4, 0.5) is 4.79 Å². The molecule has 1 aliphatic carbocycles. The van der Waals surface area contributed by atoms with Gasteiger partial charge in [-0.25, -0.2) is 4.79 Å². The van der Waals surface area contributed by atoms with Gasteiger partial charge in [0.25, 0.3) is 0 Å². The number of amides is 1. The van der Waals surface area contributed by atoms with Crippen LogP contribution in [0.5, 0.6) is 0 Å². The van der Waals surface area contributed by atoms with Gasteiger partial charge in [0.2, 0.25) is 0 Å². The van der Waals surface area contributed by atoms with E-state index in [1.807, 2.05) is 24.3 Å². The fourth-order valence-corrected chi connectivity index (χ4v) is 3.01. The standard InChI is InChI=1S/C18H19N3O3/c1-21(20-23)11-10-19-18(22)24-12-17-15-8-4-2-6-13(15)14-7-3-5-9-16(14)17/h2-9,17H,10-12H2,1H3,(H,19,22). The van der Waals surface area contributed by atoms with E-state index in [-0.39, 0.29) is 12.5 Å². The predicted octanol–water partition coefficient (Wildman–Crippen LogP) is 3.14. The van der Waals surface area contributed by atoms with Gasteiger partial charge in [-0.3, -0.25) is 5.01 Å². The summed E-state index contributed by atoms with van der Waals surface area (Å²) >= 11 is 0. The highest BCUT2D eigenvalue weighted by atomic mass is 16.5. The molecule has 0 bridgehead atoms. The van der Waals surface area contributed by atoms with Gasteiger partial charge in [0.1, 0.15) is 6.61 Å². The zero-order chi connectivity index (χ0) is 16.9. The summed E-state index contributed by atoms with van der Waals surface area (Å²) in [4.78, 5) is 22.1. The Kier molecular flexibility index (Phi) is 4.74. The molecule has 0 radical (unpaired) electrons. The van der Waals surface area contributed by atoms with E-state index in [4.69, 9.17) is 4.74 Å². The Morgan fingerprint density at radius 1 is 1.12 bits per heavy atom. The molecule has 1 N–H and O–H groups in total. The van der Waals surface area contributed by atoms with E-state index < -0.39 is 6.09 Å². The maximum absolute atomic E-state index is 11.8. The first-order chi connectivity index (χ1) is 11.7. The molecule has 3 rings (SSSR count). The summed E-state index contributed by atoms with van der Waals surface area (Å²) in [6.07, 6.45) is -0.490. The second kappa shape index (κ2) is 7.12. The van der Waals surface area contributed by atoms with Crippen molar-refractivity contribution in [3.8, 4) is 11.1 Å². The second-order valence-corrected chi connectivity index (χ2v) is 5.72. The van der Waals surface area contributed by atoms with Crippen LogP contribution in [0.2, 0.25) is 0 Å². The number of hydrogen-bond acceptors (Lipinski definition) is 4. The van der Waals surface area contributed by atoms with Crippen LogP contribution in [-0.4, -0.2) is 37.8 Å². The quantitative estimate of drug-likeness (QED) is 0.654. The largest absolute Gasteiger partial charge is 0.449 e. The van der Waals surface area contributed by atoms with E-state index in [0.29, 0.717) is 13.1 Å². The van der Waals surface area contributed by atoms with Gasteiger partial charge in [-0.05, 0) is 22.3 Å². The number of rotatable bonds is 6. The smallest absolute Gasteiger partial charge is 0.407 e. The second-order valence-electron chi connectivity index (χ2n) is 5.72. The monoisotopic (exact) mass is 325 g/mol. The molecular formula is C18H19N3O3.